The molecule has 0 bridgehead atoms. The van der Waals surface area contributed by atoms with Gasteiger partial charge < -0.3 is 21.0 Å². The van der Waals surface area contributed by atoms with E-state index in [9.17, 15) is 9.59 Å². The lowest BCUT2D eigenvalue weighted by molar-refractivity contribution is -0.124. The molecule has 1 aliphatic heterocycles. The Morgan fingerprint density at radius 2 is 2.07 bits per heavy atom. The van der Waals surface area contributed by atoms with Crippen LogP contribution in [-0.4, -0.2) is 34.5 Å². The van der Waals surface area contributed by atoms with Crippen LogP contribution in [-0.2, 0) is 17.8 Å². The number of nitrogens with two attached hydrogens (primary N) is 1. The van der Waals surface area contributed by atoms with Gasteiger partial charge in [0.15, 0.2) is 0 Å². The third-order valence-corrected chi connectivity index (χ3v) is 6.62. The molecule has 148 valence electrons. The Morgan fingerprint density at radius 1 is 1.31 bits per heavy atom. The van der Waals surface area contributed by atoms with Crippen LogP contribution in [0.15, 0.2) is 24.3 Å². The molecule has 2 aromatic carbocycles. The van der Waals surface area contributed by atoms with Gasteiger partial charge in [0.05, 0.1) is 17.3 Å². The monoisotopic (exact) mass is 500 g/mol. The molecule has 4 N–H and O–H groups in total. The van der Waals surface area contributed by atoms with Crippen LogP contribution in [0.5, 0.6) is 0 Å². The molecule has 4 rings (SSSR count). The molecule has 0 fully saturated rings. The van der Waals surface area contributed by atoms with Crippen molar-refractivity contribution in [1.82, 2.24) is 9.88 Å². The van der Waals surface area contributed by atoms with E-state index in [0.717, 1.165) is 55.1 Å². The lowest BCUT2D eigenvalue weighted by Gasteiger charge is -2.29. The maximum atomic E-state index is 12.0. The molecule has 0 saturated carbocycles. The van der Waals surface area contributed by atoms with Crippen molar-refractivity contribution in [3.05, 3.63) is 55.8 Å². The molecule has 2 heterocycles. The summed E-state index contributed by atoms with van der Waals surface area (Å²) in [5.74, 6) is -0.711. The fourth-order valence-electron chi connectivity index (χ4n) is 4.20. The molecule has 0 unspecified atom stereocenters. The lowest BCUT2D eigenvalue weighted by Crippen LogP contribution is -2.36. The van der Waals surface area contributed by atoms with E-state index < -0.39 is 5.91 Å². The number of amides is 2. The summed E-state index contributed by atoms with van der Waals surface area (Å²) in [5.41, 5.74) is 13.6. The van der Waals surface area contributed by atoms with Crippen molar-refractivity contribution >= 4 is 51.5 Å². The van der Waals surface area contributed by atoms with Crippen molar-refractivity contribution in [2.75, 3.05) is 6.54 Å². The van der Waals surface area contributed by atoms with E-state index in [2.05, 4.69) is 40.6 Å². The van der Waals surface area contributed by atoms with Crippen LogP contribution in [0.25, 0.3) is 22.0 Å². The number of rotatable bonds is 3. The summed E-state index contributed by atoms with van der Waals surface area (Å²) in [4.78, 5) is 29.0. The summed E-state index contributed by atoms with van der Waals surface area (Å²) in [5, 5.41) is 8.27. The molecule has 6 nitrogen and oxygen atoms in total. The van der Waals surface area contributed by atoms with Crippen LogP contribution in [0.2, 0.25) is 0 Å². The second-order valence-electron chi connectivity index (χ2n) is 7.37. The highest BCUT2D eigenvalue weighted by atomic mass is 127. The Hall–Kier alpha value is -2.68. The van der Waals surface area contributed by atoms with E-state index in [0.29, 0.717) is 18.7 Å². The number of H-pyrrole nitrogens is 1. The summed E-state index contributed by atoms with van der Waals surface area (Å²) < 4.78 is 0.970. The first-order valence-electron chi connectivity index (χ1n) is 9.35. The first kappa shape index (κ1) is 19.6. The number of nitrogens with one attached hydrogen (secondary N) is 2. The van der Waals surface area contributed by atoms with Gasteiger partial charge in [-0.1, -0.05) is 18.2 Å². The van der Waals surface area contributed by atoms with Gasteiger partial charge in [-0.15, -0.1) is 0 Å². The van der Waals surface area contributed by atoms with Crippen LogP contribution in [0.1, 0.15) is 32.7 Å². The Labute approximate surface area is 182 Å². The Balaban J connectivity index is 1.97. The zero-order valence-corrected chi connectivity index (χ0v) is 18.4. The minimum absolute atomic E-state index is 0.263. The predicted molar refractivity (Wildman–Crippen MR) is 122 cm³/mol. The van der Waals surface area contributed by atoms with Gasteiger partial charge in [0.2, 0.25) is 0 Å². The molecule has 0 saturated heterocycles. The number of benzene rings is 2. The van der Waals surface area contributed by atoms with Gasteiger partial charge in [0.1, 0.15) is 0 Å². The third-order valence-electron chi connectivity index (χ3n) is 5.77. The number of primary amides is 1. The maximum absolute atomic E-state index is 12.0. The molecular formula is C22H21IN4O2. The number of fused-ring (bicyclic) bond motifs is 2. The molecule has 7 heteroatoms. The Morgan fingerprint density at radius 3 is 2.76 bits per heavy atom. The van der Waals surface area contributed by atoms with Crippen LogP contribution in [0, 0.1) is 22.8 Å². The lowest BCUT2D eigenvalue weighted by atomic mass is 9.88. The fraction of sp³-hybridized carbons (Fsp3) is 0.227. The van der Waals surface area contributed by atoms with Crippen molar-refractivity contribution in [3.63, 3.8) is 0 Å². The third kappa shape index (κ3) is 3.13. The number of aromatic nitrogens is 1. The number of carbonyl (C=O) groups excluding carboxylic acids is 2. The molecule has 29 heavy (non-hydrogen) atoms. The molecule has 0 aliphatic carbocycles. The van der Waals surface area contributed by atoms with E-state index >= 15 is 0 Å². The number of aromatic amines is 1. The van der Waals surface area contributed by atoms with Gasteiger partial charge in [-0.25, -0.2) is 0 Å². The molecule has 1 aromatic heterocycles. The summed E-state index contributed by atoms with van der Waals surface area (Å²) in [7, 11) is 0. The van der Waals surface area contributed by atoms with Crippen LogP contribution < -0.4 is 5.73 Å². The second-order valence-corrected chi connectivity index (χ2v) is 8.53. The number of carbonyl (C=O) groups is 2. The van der Waals surface area contributed by atoms with E-state index in [1.54, 1.807) is 4.90 Å². The number of halogens is 1. The fourth-order valence-corrected chi connectivity index (χ4v) is 5.08. The summed E-state index contributed by atoms with van der Waals surface area (Å²) in [6.45, 7) is 5.14. The topological polar surface area (TPSA) is 103 Å². The normalized spacial score (nSPS) is 13.4. The first-order valence-corrected chi connectivity index (χ1v) is 10.4. The molecule has 3 aromatic rings. The van der Waals surface area contributed by atoms with Crippen molar-refractivity contribution in [2.24, 2.45) is 5.73 Å². The highest BCUT2D eigenvalue weighted by Crippen LogP contribution is 2.41. The number of hydrogen-bond donors (Lipinski definition) is 3. The van der Waals surface area contributed by atoms with E-state index in [-0.39, 0.29) is 5.91 Å². The van der Waals surface area contributed by atoms with Crippen LogP contribution in [0.3, 0.4) is 0 Å². The number of nitrogens with zero attached hydrogens (tertiary/aromatic N) is 1. The Kier molecular flexibility index (Phi) is 4.94. The first-order chi connectivity index (χ1) is 13.8. The summed E-state index contributed by atoms with van der Waals surface area (Å²) in [6.07, 6.45) is 1.60. The van der Waals surface area contributed by atoms with Gasteiger partial charge in [-0.2, -0.15) is 0 Å². The average Bonchev–Trinajstić information content (AvgIpc) is 3.00. The minimum atomic E-state index is -0.448. The quantitative estimate of drug-likeness (QED) is 0.377. The van der Waals surface area contributed by atoms with Crippen LogP contribution >= 0.6 is 22.6 Å². The molecule has 0 radical (unpaired) electrons. The van der Waals surface area contributed by atoms with E-state index in [1.807, 2.05) is 25.1 Å². The van der Waals surface area contributed by atoms with Crippen molar-refractivity contribution < 1.29 is 9.59 Å². The highest BCUT2D eigenvalue weighted by Gasteiger charge is 2.25. The van der Waals surface area contributed by atoms with Gasteiger partial charge in [0, 0.05) is 33.3 Å². The molecule has 0 spiro atoms. The summed E-state index contributed by atoms with van der Waals surface area (Å²) in [6, 6.07) is 8.00. The SMILES string of the molecule is Cc1[nH]c2c(C(N)=O)cc(I)c(-c3cccc4c3CCN(C(=O)C=N)C4)c2c1C. The number of hydrogen-bond acceptors (Lipinski definition) is 3. The van der Waals surface area contributed by atoms with E-state index in [4.69, 9.17) is 11.1 Å². The van der Waals surface area contributed by atoms with Gasteiger partial charge in [-0.3, -0.25) is 9.59 Å². The highest BCUT2D eigenvalue weighted by molar-refractivity contribution is 14.1. The molecule has 1 aliphatic rings. The zero-order chi connectivity index (χ0) is 20.9. The van der Waals surface area contributed by atoms with Gasteiger partial charge in [-0.05, 0) is 71.2 Å². The largest absolute Gasteiger partial charge is 0.366 e. The van der Waals surface area contributed by atoms with Crippen molar-refractivity contribution in [2.45, 2.75) is 26.8 Å². The van der Waals surface area contributed by atoms with E-state index in [1.165, 1.54) is 5.56 Å². The van der Waals surface area contributed by atoms with Gasteiger partial charge in [0.25, 0.3) is 11.8 Å². The minimum Gasteiger partial charge on any atom is -0.366 e. The summed E-state index contributed by atoms with van der Waals surface area (Å²) >= 11 is 2.28. The van der Waals surface area contributed by atoms with Crippen LogP contribution in [0.4, 0.5) is 0 Å². The maximum Gasteiger partial charge on any atom is 0.264 e. The average molecular weight is 500 g/mol. The number of aryl methyl sites for hydroxylation is 2. The van der Waals surface area contributed by atoms with Crippen molar-refractivity contribution in [1.29, 1.82) is 5.41 Å². The smallest absolute Gasteiger partial charge is 0.264 e. The van der Waals surface area contributed by atoms with Crippen molar-refractivity contribution in [3.8, 4) is 11.1 Å². The molecule has 2 amide bonds. The second kappa shape index (κ2) is 7.29. The van der Waals surface area contributed by atoms with Gasteiger partial charge >= 0.3 is 0 Å². The zero-order valence-electron chi connectivity index (χ0n) is 16.2. The Bertz CT molecular complexity index is 1200. The predicted octanol–water partition coefficient (Wildman–Crippen LogP) is 3.69. The standard InChI is InChI=1S/C22H21IN4O2/c1-11-12(2)26-21-16(22(25)29)8-17(23)20(19(11)21)15-5-3-4-13-10-27(18(28)9-24)7-6-14(13)15/h3-5,8-9,24,26H,6-7,10H2,1-2H3,(H2,25,29). The molecule has 0 atom stereocenters. The molecular weight excluding hydrogens is 479 g/mol.